The van der Waals surface area contributed by atoms with E-state index in [0.29, 0.717) is 5.69 Å². The van der Waals surface area contributed by atoms with Crippen molar-refractivity contribution < 1.29 is 19.1 Å². The largest absolute Gasteiger partial charge is 0.462 e. The molecular weight excluding hydrogens is 356 g/mol. The molecule has 140 valence electrons. The summed E-state index contributed by atoms with van der Waals surface area (Å²) in [4.78, 5) is 25.9. The Balaban J connectivity index is 1.68. The molecule has 0 spiro atoms. The molecule has 0 bridgehead atoms. The molecule has 0 radical (unpaired) electrons. The fourth-order valence-corrected chi connectivity index (χ4v) is 4.00. The van der Waals surface area contributed by atoms with E-state index >= 15 is 0 Å². The highest BCUT2D eigenvalue weighted by Crippen LogP contribution is 2.42. The zero-order valence-corrected chi connectivity index (χ0v) is 15.3. The summed E-state index contributed by atoms with van der Waals surface area (Å²) in [5, 5.41) is 1.09. The van der Waals surface area contributed by atoms with Crippen LogP contribution in [0.2, 0.25) is 0 Å². The van der Waals surface area contributed by atoms with Gasteiger partial charge in [-0.3, -0.25) is 4.79 Å². The molecule has 6 nitrogen and oxygen atoms in total. The van der Waals surface area contributed by atoms with Crippen LogP contribution in [0.4, 0.5) is 5.69 Å². The van der Waals surface area contributed by atoms with E-state index in [0.717, 1.165) is 39.7 Å². The molecule has 0 saturated heterocycles. The molecule has 1 aromatic carbocycles. The number of pyridine rings is 1. The number of benzene rings is 1. The number of rotatable bonds is 4. The highest BCUT2D eigenvalue weighted by atomic mass is 16.6. The Morgan fingerprint density at radius 2 is 1.93 bits per heavy atom. The van der Waals surface area contributed by atoms with Crippen molar-refractivity contribution in [2.24, 2.45) is 0 Å². The minimum atomic E-state index is -0.432. The van der Waals surface area contributed by atoms with Gasteiger partial charge in [-0.1, -0.05) is 24.3 Å². The smallest absolute Gasteiger partial charge is 0.355 e. The summed E-state index contributed by atoms with van der Waals surface area (Å²) >= 11 is 0. The normalized spacial score (nSPS) is 14.0. The van der Waals surface area contributed by atoms with Crippen molar-refractivity contribution in [2.45, 2.75) is 13.3 Å². The van der Waals surface area contributed by atoms with E-state index in [1.807, 2.05) is 28.7 Å². The Morgan fingerprint density at radius 3 is 2.79 bits per heavy atom. The van der Waals surface area contributed by atoms with Crippen LogP contribution in [0.15, 0.2) is 48.8 Å². The summed E-state index contributed by atoms with van der Waals surface area (Å²) in [7, 11) is 0. The first-order valence-electron chi connectivity index (χ1n) is 9.18. The van der Waals surface area contributed by atoms with Gasteiger partial charge in [0, 0.05) is 30.3 Å². The minimum Gasteiger partial charge on any atom is -0.462 e. The SMILES string of the molecule is CC(=O)OCCOC(=O)c1cc2c3c4c(c5ccccc5n14)C=CN3C=CC2. The van der Waals surface area contributed by atoms with Crippen molar-refractivity contribution in [3.8, 4) is 0 Å². The van der Waals surface area contributed by atoms with Crippen LogP contribution in [0.25, 0.3) is 22.5 Å². The molecule has 0 atom stereocenters. The second kappa shape index (κ2) is 6.27. The first-order chi connectivity index (χ1) is 13.6. The van der Waals surface area contributed by atoms with Gasteiger partial charge in [0.25, 0.3) is 0 Å². The highest BCUT2D eigenvalue weighted by Gasteiger charge is 2.27. The molecule has 5 rings (SSSR count). The summed E-state index contributed by atoms with van der Waals surface area (Å²) in [5.41, 5.74) is 5.74. The number of ether oxygens (including phenoxy) is 2. The Labute approximate surface area is 161 Å². The van der Waals surface area contributed by atoms with Crippen molar-refractivity contribution in [3.05, 3.63) is 65.6 Å². The van der Waals surface area contributed by atoms with Crippen LogP contribution in [0.3, 0.4) is 0 Å². The third kappa shape index (κ3) is 2.41. The molecule has 6 heteroatoms. The average Bonchev–Trinajstić information content (AvgIpc) is 3.05. The fraction of sp³-hybridized carbons (Fsp3) is 0.182. The number of esters is 2. The van der Waals surface area contributed by atoms with Crippen LogP contribution in [-0.4, -0.2) is 29.6 Å². The molecule has 2 aromatic heterocycles. The lowest BCUT2D eigenvalue weighted by atomic mass is 10.0. The maximum Gasteiger partial charge on any atom is 0.355 e. The molecule has 28 heavy (non-hydrogen) atoms. The minimum absolute atomic E-state index is 0.0228. The molecule has 3 aromatic rings. The summed E-state index contributed by atoms with van der Waals surface area (Å²) < 4.78 is 12.2. The van der Waals surface area contributed by atoms with Crippen LogP contribution in [0.5, 0.6) is 0 Å². The van der Waals surface area contributed by atoms with Crippen molar-refractivity contribution in [1.82, 2.24) is 4.40 Å². The van der Waals surface area contributed by atoms with E-state index in [1.165, 1.54) is 6.92 Å². The molecular formula is C22H18N2O4. The zero-order chi connectivity index (χ0) is 19.3. The standard InChI is InChI=1S/C22H18N2O4/c1-14(25)27-11-12-28-22(26)19-13-15-5-4-9-23-10-8-17-16-6-2-3-7-18(16)24(19)21(17)20(15)23/h2-4,6-10,13H,5,11-12H2,1H3. The first kappa shape index (κ1) is 16.6. The van der Waals surface area contributed by atoms with Crippen molar-refractivity contribution in [3.63, 3.8) is 0 Å². The van der Waals surface area contributed by atoms with E-state index in [1.54, 1.807) is 0 Å². The highest BCUT2D eigenvalue weighted by molar-refractivity contribution is 6.08. The lowest BCUT2D eigenvalue weighted by Gasteiger charge is -2.28. The van der Waals surface area contributed by atoms with Gasteiger partial charge in [-0.05, 0) is 30.2 Å². The molecule has 0 amide bonds. The lowest BCUT2D eigenvalue weighted by molar-refractivity contribution is -0.142. The third-order valence-corrected chi connectivity index (χ3v) is 5.09. The number of carbonyl (C=O) groups is 2. The third-order valence-electron chi connectivity index (χ3n) is 5.09. The Bertz CT molecular complexity index is 1200. The van der Waals surface area contributed by atoms with E-state index in [-0.39, 0.29) is 13.2 Å². The lowest BCUT2D eigenvalue weighted by Crippen LogP contribution is -2.20. The number of fused-ring (bicyclic) bond motifs is 3. The van der Waals surface area contributed by atoms with Crippen molar-refractivity contribution in [2.75, 3.05) is 18.1 Å². The molecule has 0 N–H and O–H groups in total. The molecule has 0 fully saturated rings. The number of hydrogen-bond acceptors (Lipinski definition) is 5. The number of para-hydroxylation sites is 1. The van der Waals surface area contributed by atoms with E-state index in [9.17, 15) is 9.59 Å². The average molecular weight is 374 g/mol. The second-order valence-corrected chi connectivity index (χ2v) is 6.81. The molecule has 2 aliphatic heterocycles. The van der Waals surface area contributed by atoms with E-state index in [4.69, 9.17) is 9.47 Å². The van der Waals surface area contributed by atoms with Gasteiger partial charge in [0.1, 0.15) is 18.9 Å². The molecule has 0 aliphatic carbocycles. The second-order valence-electron chi connectivity index (χ2n) is 6.81. The van der Waals surface area contributed by atoms with Crippen LogP contribution < -0.4 is 4.90 Å². The van der Waals surface area contributed by atoms with E-state index < -0.39 is 11.9 Å². The van der Waals surface area contributed by atoms with Gasteiger partial charge >= 0.3 is 11.9 Å². The molecule has 2 aliphatic rings. The Hall–Kier alpha value is -3.54. The maximum absolute atomic E-state index is 12.9. The van der Waals surface area contributed by atoms with E-state index in [2.05, 4.69) is 35.5 Å². The van der Waals surface area contributed by atoms with Gasteiger partial charge in [0.05, 0.1) is 16.7 Å². The monoisotopic (exact) mass is 374 g/mol. The predicted octanol–water partition coefficient (Wildman–Crippen LogP) is 3.67. The van der Waals surface area contributed by atoms with Crippen LogP contribution in [0.1, 0.15) is 28.5 Å². The number of allylic oxidation sites excluding steroid dienone is 1. The van der Waals surface area contributed by atoms with Crippen molar-refractivity contribution in [1.29, 1.82) is 0 Å². The molecule has 4 heterocycles. The Morgan fingerprint density at radius 1 is 1.11 bits per heavy atom. The van der Waals surface area contributed by atoms with Gasteiger partial charge in [-0.15, -0.1) is 0 Å². The Kier molecular flexibility index (Phi) is 3.72. The quantitative estimate of drug-likeness (QED) is 0.515. The van der Waals surface area contributed by atoms with Gasteiger partial charge in [0.15, 0.2) is 0 Å². The first-order valence-corrected chi connectivity index (χ1v) is 9.18. The fourth-order valence-electron chi connectivity index (χ4n) is 4.00. The van der Waals surface area contributed by atoms with Gasteiger partial charge in [-0.2, -0.15) is 0 Å². The van der Waals surface area contributed by atoms with Crippen LogP contribution in [0, 0.1) is 0 Å². The maximum atomic E-state index is 12.9. The van der Waals surface area contributed by atoms with Gasteiger partial charge in [0.2, 0.25) is 0 Å². The molecule has 0 unspecified atom stereocenters. The summed E-state index contributed by atoms with van der Waals surface area (Å²) in [6.07, 6.45) is 9.02. The number of hydrogen-bond donors (Lipinski definition) is 0. The summed E-state index contributed by atoms with van der Waals surface area (Å²) in [5.74, 6) is -0.827. The van der Waals surface area contributed by atoms with Crippen molar-refractivity contribution >= 4 is 40.1 Å². The summed E-state index contributed by atoms with van der Waals surface area (Å²) in [6.45, 7) is 1.40. The number of aromatic nitrogens is 1. The van der Waals surface area contributed by atoms with Gasteiger partial charge in [-0.25, -0.2) is 4.79 Å². The number of carbonyl (C=O) groups excluding carboxylic acids is 2. The molecule has 0 saturated carbocycles. The number of anilines is 1. The topological polar surface area (TPSA) is 60.3 Å². The zero-order valence-electron chi connectivity index (χ0n) is 15.3. The van der Waals surface area contributed by atoms with Crippen LogP contribution in [-0.2, 0) is 20.7 Å². The van der Waals surface area contributed by atoms with Crippen LogP contribution >= 0.6 is 0 Å². The summed E-state index contributed by atoms with van der Waals surface area (Å²) in [6, 6.07) is 9.95. The van der Waals surface area contributed by atoms with Gasteiger partial charge < -0.3 is 18.8 Å². The number of nitrogens with zero attached hydrogens (tertiary/aromatic N) is 2. The predicted molar refractivity (Wildman–Crippen MR) is 106 cm³/mol.